The van der Waals surface area contributed by atoms with Gasteiger partial charge in [0.05, 0.1) is 6.04 Å². The SMILES string of the molecule is C=CC(C)/N=C\N=C. The fraction of sp³-hybridized carbons (Fsp3) is 0.333. The summed E-state index contributed by atoms with van der Waals surface area (Å²) in [6, 6.07) is 0.153. The van der Waals surface area contributed by atoms with Crippen molar-refractivity contribution in [3.8, 4) is 0 Å². The third-order valence-electron chi connectivity index (χ3n) is 0.725. The van der Waals surface area contributed by atoms with Gasteiger partial charge in [-0.1, -0.05) is 6.08 Å². The summed E-state index contributed by atoms with van der Waals surface area (Å²) in [5, 5.41) is 0. The van der Waals surface area contributed by atoms with Crippen LogP contribution in [0.4, 0.5) is 0 Å². The van der Waals surface area contributed by atoms with E-state index in [0.29, 0.717) is 0 Å². The summed E-state index contributed by atoms with van der Waals surface area (Å²) >= 11 is 0. The standard InChI is InChI=1S/C6H10N2/c1-4-6(2)8-5-7-3/h4-6H,1,3H2,2H3/b8-5-. The van der Waals surface area contributed by atoms with E-state index in [4.69, 9.17) is 0 Å². The van der Waals surface area contributed by atoms with Crippen LogP contribution < -0.4 is 0 Å². The average molecular weight is 110 g/mol. The molecule has 44 valence electrons. The van der Waals surface area contributed by atoms with Crippen LogP contribution in [0.25, 0.3) is 0 Å². The molecule has 0 spiro atoms. The Kier molecular flexibility index (Phi) is 3.76. The van der Waals surface area contributed by atoms with Crippen molar-refractivity contribution < 1.29 is 0 Å². The van der Waals surface area contributed by atoms with E-state index in [1.807, 2.05) is 6.92 Å². The van der Waals surface area contributed by atoms with Crippen molar-refractivity contribution in [1.29, 1.82) is 0 Å². The molecule has 0 aliphatic carbocycles. The maximum atomic E-state index is 3.89. The van der Waals surface area contributed by atoms with Gasteiger partial charge in [-0.05, 0) is 13.6 Å². The molecule has 0 aliphatic heterocycles. The smallest absolute Gasteiger partial charge is 0.109 e. The van der Waals surface area contributed by atoms with Crippen molar-refractivity contribution in [3.63, 3.8) is 0 Å². The first-order chi connectivity index (χ1) is 3.81. The Labute approximate surface area is 49.7 Å². The zero-order chi connectivity index (χ0) is 6.41. The van der Waals surface area contributed by atoms with Crippen LogP contribution in [0.1, 0.15) is 6.92 Å². The molecule has 0 rings (SSSR count). The van der Waals surface area contributed by atoms with E-state index in [1.165, 1.54) is 6.34 Å². The van der Waals surface area contributed by atoms with Crippen LogP contribution in [0.15, 0.2) is 22.6 Å². The fourth-order valence-electron chi connectivity index (χ4n) is 0.213. The molecular weight excluding hydrogens is 100 g/mol. The summed E-state index contributed by atoms with van der Waals surface area (Å²) in [6.45, 7) is 8.70. The summed E-state index contributed by atoms with van der Waals surface area (Å²) in [5.41, 5.74) is 0. The van der Waals surface area contributed by atoms with Crippen LogP contribution in [0.3, 0.4) is 0 Å². The number of rotatable bonds is 3. The lowest BCUT2D eigenvalue weighted by molar-refractivity contribution is 0.933. The quantitative estimate of drug-likeness (QED) is 0.297. The van der Waals surface area contributed by atoms with Crippen LogP contribution >= 0.6 is 0 Å². The van der Waals surface area contributed by atoms with E-state index in [0.717, 1.165) is 0 Å². The predicted molar refractivity (Wildman–Crippen MR) is 37.7 cm³/mol. The lowest BCUT2D eigenvalue weighted by atomic mass is 10.4. The lowest BCUT2D eigenvalue weighted by Gasteiger charge is -1.91. The normalized spacial score (nSPS) is 13.6. The van der Waals surface area contributed by atoms with Gasteiger partial charge in [-0.3, -0.25) is 9.98 Å². The maximum absolute atomic E-state index is 3.89. The van der Waals surface area contributed by atoms with E-state index in [2.05, 4.69) is 23.3 Å². The number of aliphatic imine (C=N–C) groups is 2. The van der Waals surface area contributed by atoms with Gasteiger partial charge < -0.3 is 0 Å². The molecular formula is C6H10N2. The molecule has 0 fully saturated rings. The summed E-state index contributed by atoms with van der Waals surface area (Å²) in [7, 11) is 0. The molecule has 0 aromatic heterocycles. The third-order valence-corrected chi connectivity index (χ3v) is 0.725. The number of nitrogens with zero attached hydrogens (tertiary/aromatic N) is 2. The maximum Gasteiger partial charge on any atom is 0.109 e. The van der Waals surface area contributed by atoms with Crippen LogP contribution in [-0.4, -0.2) is 19.1 Å². The van der Waals surface area contributed by atoms with Gasteiger partial charge >= 0.3 is 0 Å². The third kappa shape index (κ3) is 3.28. The molecule has 1 atom stereocenters. The monoisotopic (exact) mass is 110 g/mol. The number of hydrogen-bond donors (Lipinski definition) is 0. The first-order valence-electron chi connectivity index (χ1n) is 2.41. The van der Waals surface area contributed by atoms with Crippen LogP contribution in [-0.2, 0) is 0 Å². The minimum atomic E-state index is 0.153. The fourth-order valence-corrected chi connectivity index (χ4v) is 0.213. The molecule has 0 aromatic carbocycles. The second-order valence-electron chi connectivity index (χ2n) is 1.42. The van der Waals surface area contributed by atoms with Gasteiger partial charge in [0.25, 0.3) is 0 Å². The Hall–Kier alpha value is -0.920. The van der Waals surface area contributed by atoms with Gasteiger partial charge in [0.2, 0.25) is 0 Å². The minimum Gasteiger partial charge on any atom is -0.266 e. The second kappa shape index (κ2) is 4.24. The summed E-state index contributed by atoms with van der Waals surface area (Å²) < 4.78 is 0. The van der Waals surface area contributed by atoms with E-state index in [-0.39, 0.29) is 6.04 Å². The highest BCUT2D eigenvalue weighted by Crippen LogP contribution is 1.85. The summed E-state index contributed by atoms with van der Waals surface area (Å²) in [6.07, 6.45) is 3.16. The van der Waals surface area contributed by atoms with Crippen molar-refractivity contribution >= 4 is 13.1 Å². The van der Waals surface area contributed by atoms with Crippen molar-refractivity contribution in [2.24, 2.45) is 9.98 Å². The molecule has 2 heteroatoms. The predicted octanol–water partition coefficient (Wildman–Crippen LogP) is 1.29. The highest BCUT2D eigenvalue weighted by atomic mass is 14.9. The van der Waals surface area contributed by atoms with Gasteiger partial charge in [0.15, 0.2) is 0 Å². The molecule has 0 N–H and O–H groups in total. The second-order valence-corrected chi connectivity index (χ2v) is 1.42. The Morgan fingerprint density at radius 1 is 1.62 bits per heavy atom. The Morgan fingerprint density at radius 3 is 2.62 bits per heavy atom. The molecule has 0 saturated carbocycles. The van der Waals surface area contributed by atoms with Crippen LogP contribution in [0.5, 0.6) is 0 Å². The van der Waals surface area contributed by atoms with Gasteiger partial charge in [-0.2, -0.15) is 0 Å². The van der Waals surface area contributed by atoms with Gasteiger partial charge in [0, 0.05) is 0 Å². The van der Waals surface area contributed by atoms with Gasteiger partial charge in [-0.15, -0.1) is 6.58 Å². The van der Waals surface area contributed by atoms with E-state index >= 15 is 0 Å². The van der Waals surface area contributed by atoms with E-state index in [1.54, 1.807) is 6.08 Å². The van der Waals surface area contributed by atoms with Crippen molar-refractivity contribution in [1.82, 2.24) is 0 Å². The average Bonchev–Trinajstić information content (AvgIpc) is 1.83. The first-order valence-corrected chi connectivity index (χ1v) is 2.41. The molecule has 0 radical (unpaired) electrons. The van der Waals surface area contributed by atoms with Gasteiger partial charge in [0.1, 0.15) is 6.34 Å². The van der Waals surface area contributed by atoms with Gasteiger partial charge in [-0.25, -0.2) is 0 Å². The topological polar surface area (TPSA) is 24.7 Å². The largest absolute Gasteiger partial charge is 0.266 e. The first kappa shape index (κ1) is 7.08. The zero-order valence-corrected chi connectivity index (χ0v) is 5.04. The van der Waals surface area contributed by atoms with Crippen molar-refractivity contribution in [2.45, 2.75) is 13.0 Å². The van der Waals surface area contributed by atoms with Crippen molar-refractivity contribution in [3.05, 3.63) is 12.7 Å². The molecule has 0 amide bonds. The Balaban J connectivity index is 3.50. The summed E-state index contributed by atoms with van der Waals surface area (Å²) in [5.74, 6) is 0. The Bertz CT molecular complexity index is 105. The summed E-state index contributed by atoms with van der Waals surface area (Å²) in [4.78, 5) is 7.32. The van der Waals surface area contributed by atoms with Crippen LogP contribution in [0.2, 0.25) is 0 Å². The van der Waals surface area contributed by atoms with Crippen molar-refractivity contribution in [2.75, 3.05) is 0 Å². The molecule has 0 heterocycles. The minimum absolute atomic E-state index is 0.153. The molecule has 2 nitrogen and oxygen atoms in total. The molecule has 0 saturated heterocycles. The molecule has 1 unspecified atom stereocenters. The molecule has 8 heavy (non-hydrogen) atoms. The number of hydrogen-bond acceptors (Lipinski definition) is 1. The molecule has 0 aromatic rings. The zero-order valence-electron chi connectivity index (χ0n) is 5.04. The van der Waals surface area contributed by atoms with E-state index in [9.17, 15) is 0 Å². The Morgan fingerprint density at radius 2 is 2.25 bits per heavy atom. The lowest BCUT2D eigenvalue weighted by Crippen LogP contribution is -1.88. The van der Waals surface area contributed by atoms with E-state index < -0.39 is 0 Å². The highest BCUT2D eigenvalue weighted by Gasteiger charge is 1.82. The molecule has 0 aliphatic rings. The molecule has 0 bridgehead atoms. The van der Waals surface area contributed by atoms with Crippen LogP contribution in [0, 0.1) is 0 Å². The highest BCUT2D eigenvalue weighted by molar-refractivity contribution is 5.62.